The van der Waals surface area contributed by atoms with Crippen LogP contribution in [0.4, 0.5) is 10.1 Å². The average molecular weight is 328 g/mol. The lowest BCUT2D eigenvalue weighted by molar-refractivity contribution is -0.125. The molecule has 0 radical (unpaired) electrons. The monoisotopic (exact) mass is 328 g/mol. The van der Waals surface area contributed by atoms with E-state index in [4.69, 9.17) is 4.74 Å². The van der Waals surface area contributed by atoms with E-state index in [9.17, 15) is 14.0 Å². The summed E-state index contributed by atoms with van der Waals surface area (Å²) in [5, 5.41) is 2.77. The van der Waals surface area contributed by atoms with E-state index in [1.54, 1.807) is 44.3 Å². The Morgan fingerprint density at radius 2 is 1.96 bits per heavy atom. The molecule has 1 atom stereocenters. The van der Waals surface area contributed by atoms with Gasteiger partial charge < -0.3 is 15.0 Å². The maximum Gasteiger partial charge on any atom is 0.267 e. The molecule has 2 aromatic carbocycles. The number of anilines is 1. The van der Waals surface area contributed by atoms with Crippen molar-refractivity contribution in [1.82, 2.24) is 5.32 Å². The smallest absolute Gasteiger partial charge is 0.267 e. The van der Waals surface area contributed by atoms with Crippen LogP contribution < -0.4 is 15.0 Å². The molecule has 1 aliphatic rings. The Kier molecular flexibility index (Phi) is 4.20. The zero-order valence-corrected chi connectivity index (χ0v) is 13.4. The molecule has 0 aromatic heterocycles. The second-order valence-electron chi connectivity index (χ2n) is 5.65. The number of hydrogen-bond acceptors (Lipinski definition) is 3. The highest BCUT2D eigenvalue weighted by Gasteiger charge is 2.29. The lowest BCUT2D eigenvalue weighted by atomic mass is 10.1. The van der Waals surface area contributed by atoms with Gasteiger partial charge in [-0.15, -0.1) is 0 Å². The molecule has 24 heavy (non-hydrogen) atoms. The van der Waals surface area contributed by atoms with Gasteiger partial charge in [-0.05, 0) is 42.8 Å². The lowest BCUT2D eigenvalue weighted by Gasteiger charge is -2.30. The zero-order chi connectivity index (χ0) is 17.3. The van der Waals surface area contributed by atoms with Gasteiger partial charge in [0.15, 0.2) is 6.10 Å². The largest absolute Gasteiger partial charge is 0.479 e. The van der Waals surface area contributed by atoms with Crippen molar-refractivity contribution in [2.24, 2.45) is 0 Å². The van der Waals surface area contributed by atoms with Crippen LogP contribution in [0.25, 0.3) is 0 Å². The third-order valence-electron chi connectivity index (χ3n) is 3.93. The molecule has 1 N–H and O–H groups in total. The molecule has 1 heterocycles. The highest BCUT2D eigenvalue weighted by Crippen LogP contribution is 2.33. The minimum atomic E-state index is -0.541. The lowest BCUT2D eigenvalue weighted by Crippen LogP contribution is -2.42. The van der Waals surface area contributed by atoms with Crippen LogP contribution in [-0.2, 0) is 11.3 Å². The van der Waals surface area contributed by atoms with Crippen molar-refractivity contribution in [2.75, 3.05) is 11.9 Å². The molecule has 3 rings (SSSR count). The van der Waals surface area contributed by atoms with Gasteiger partial charge in [0, 0.05) is 19.2 Å². The predicted molar refractivity (Wildman–Crippen MR) is 87.5 cm³/mol. The van der Waals surface area contributed by atoms with E-state index in [0.29, 0.717) is 23.5 Å². The highest BCUT2D eigenvalue weighted by atomic mass is 19.1. The molecule has 0 bridgehead atoms. The molecule has 0 spiro atoms. The van der Waals surface area contributed by atoms with Crippen molar-refractivity contribution in [2.45, 2.75) is 19.6 Å². The number of carbonyl (C=O) groups is 2. The topological polar surface area (TPSA) is 58.6 Å². The third-order valence-corrected chi connectivity index (χ3v) is 3.93. The van der Waals surface area contributed by atoms with Gasteiger partial charge in [0.05, 0.1) is 5.69 Å². The molecular formula is C18H17FN2O3. The summed E-state index contributed by atoms with van der Waals surface area (Å²) in [6.07, 6.45) is -0.541. The predicted octanol–water partition coefficient (Wildman–Crippen LogP) is 2.50. The van der Waals surface area contributed by atoms with Crippen molar-refractivity contribution in [3.8, 4) is 5.75 Å². The second-order valence-corrected chi connectivity index (χ2v) is 5.65. The van der Waals surface area contributed by atoms with Crippen molar-refractivity contribution in [3.05, 3.63) is 59.4 Å². The summed E-state index contributed by atoms with van der Waals surface area (Å²) in [5.74, 6) is -0.186. The Morgan fingerprint density at radius 1 is 1.25 bits per heavy atom. The summed E-state index contributed by atoms with van der Waals surface area (Å²) in [6, 6.07) is 10.9. The summed E-state index contributed by atoms with van der Waals surface area (Å²) in [5.41, 5.74) is 1.79. The summed E-state index contributed by atoms with van der Waals surface area (Å²) in [6.45, 7) is 1.98. The molecule has 0 fully saturated rings. The average Bonchev–Trinajstić information content (AvgIpc) is 2.59. The first-order chi connectivity index (χ1) is 11.5. The van der Waals surface area contributed by atoms with Gasteiger partial charge in [0.2, 0.25) is 0 Å². The summed E-state index contributed by atoms with van der Waals surface area (Å²) in [4.78, 5) is 25.8. The van der Waals surface area contributed by atoms with E-state index < -0.39 is 6.10 Å². The van der Waals surface area contributed by atoms with Crippen molar-refractivity contribution >= 4 is 17.5 Å². The van der Waals surface area contributed by atoms with E-state index in [1.165, 1.54) is 17.0 Å². The number of hydrogen-bond donors (Lipinski definition) is 1. The van der Waals surface area contributed by atoms with Gasteiger partial charge in [-0.3, -0.25) is 9.59 Å². The van der Waals surface area contributed by atoms with Crippen molar-refractivity contribution in [1.29, 1.82) is 0 Å². The van der Waals surface area contributed by atoms with Gasteiger partial charge in [0.25, 0.3) is 11.8 Å². The molecule has 5 nitrogen and oxygen atoms in total. The fourth-order valence-electron chi connectivity index (χ4n) is 2.54. The fourth-order valence-corrected chi connectivity index (χ4v) is 2.54. The molecule has 0 aliphatic carbocycles. The zero-order valence-electron chi connectivity index (χ0n) is 13.4. The number of ether oxygens (including phenoxy) is 1. The van der Waals surface area contributed by atoms with Crippen LogP contribution in [0.1, 0.15) is 22.8 Å². The van der Waals surface area contributed by atoms with Crippen LogP contribution in [0.5, 0.6) is 5.75 Å². The Bertz CT molecular complexity index is 789. The number of benzene rings is 2. The summed E-state index contributed by atoms with van der Waals surface area (Å²) >= 11 is 0. The molecule has 2 aromatic rings. The van der Waals surface area contributed by atoms with Gasteiger partial charge >= 0.3 is 0 Å². The number of likely N-dealkylation sites (N-methyl/N-ethyl adjacent to an activating group) is 1. The van der Waals surface area contributed by atoms with Gasteiger partial charge in [0.1, 0.15) is 11.6 Å². The van der Waals surface area contributed by atoms with E-state index in [1.807, 2.05) is 0 Å². The molecule has 2 amide bonds. The molecular weight excluding hydrogens is 311 g/mol. The van der Waals surface area contributed by atoms with Crippen LogP contribution in [0, 0.1) is 5.82 Å². The Hall–Kier alpha value is -2.89. The Morgan fingerprint density at radius 3 is 2.67 bits per heavy atom. The Balaban J connectivity index is 1.74. The van der Waals surface area contributed by atoms with Crippen LogP contribution in [0.15, 0.2) is 42.5 Å². The molecule has 0 saturated heterocycles. The standard InChI is InChI=1S/C18H17FN2O3/c1-11-18(23)21(2)15-9-13(5-8-16(15)24-11)17(22)20-10-12-3-6-14(19)7-4-12/h3-9,11H,10H2,1-2H3,(H,20,22). The maximum atomic E-state index is 12.9. The van der Waals surface area contributed by atoms with Crippen LogP contribution in [0.2, 0.25) is 0 Å². The molecule has 1 aliphatic heterocycles. The van der Waals surface area contributed by atoms with E-state index >= 15 is 0 Å². The minimum Gasteiger partial charge on any atom is -0.479 e. The van der Waals surface area contributed by atoms with Gasteiger partial charge in [-0.25, -0.2) is 4.39 Å². The maximum absolute atomic E-state index is 12.9. The van der Waals surface area contributed by atoms with Crippen molar-refractivity contribution in [3.63, 3.8) is 0 Å². The first-order valence-corrected chi connectivity index (χ1v) is 7.56. The van der Waals surface area contributed by atoms with E-state index in [-0.39, 0.29) is 17.6 Å². The van der Waals surface area contributed by atoms with Crippen LogP contribution >= 0.6 is 0 Å². The summed E-state index contributed by atoms with van der Waals surface area (Å²) in [7, 11) is 1.65. The van der Waals surface area contributed by atoms with E-state index in [0.717, 1.165) is 5.56 Å². The number of nitrogens with one attached hydrogen (secondary N) is 1. The van der Waals surface area contributed by atoms with Crippen LogP contribution in [-0.4, -0.2) is 25.0 Å². The molecule has 6 heteroatoms. The number of nitrogens with zero attached hydrogens (tertiary/aromatic N) is 1. The number of amides is 2. The number of halogens is 1. The second kappa shape index (κ2) is 6.31. The number of rotatable bonds is 3. The van der Waals surface area contributed by atoms with Crippen LogP contribution in [0.3, 0.4) is 0 Å². The number of carbonyl (C=O) groups excluding carboxylic acids is 2. The SMILES string of the molecule is CC1Oc2ccc(C(=O)NCc3ccc(F)cc3)cc2N(C)C1=O. The molecule has 1 unspecified atom stereocenters. The molecule has 0 saturated carbocycles. The molecule has 124 valence electrons. The van der Waals surface area contributed by atoms with E-state index in [2.05, 4.69) is 5.32 Å². The fraction of sp³-hybridized carbons (Fsp3) is 0.222. The quantitative estimate of drug-likeness (QED) is 0.942. The first kappa shape index (κ1) is 16.0. The third kappa shape index (κ3) is 3.08. The van der Waals surface area contributed by atoms with Gasteiger partial charge in [-0.2, -0.15) is 0 Å². The number of fused-ring (bicyclic) bond motifs is 1. The summed E-state index contributed by atoms with van der Waals surface area (Å²) < 4.78 is 18.4. The first-order valence-electron chi connectivity index (χ1n) is 7.56. The van der Waals surface area contributed by atoms with Crippen molar-refractivity contribution < 1.29 is 18.7 Å². The van der Waals surface area contributed by atoms with Gasteiger partial charge in [-0.1, -0.05) is 12.1 Å². The highest BCUT2D eigenvalue weighted by molar-refractivity contribution is 6.02. The minimum absolute atomic E-state index is 0.161. The Labute approximate surface area is 139 Å². The normalized spacial score (nSPS) is 16.4.